The Morgan fingerprint density at radius 3 is 2.26 bits per heavy atom. The number of carboxylic acids is 1. The van der Waals surface area contributed by atoms with Crippen LogP contribution in [0.3, 0.4) is 0 Å². The second-order valence-electron chi connectivity index (χ2n) is 5.82. The van der Waals surface area contributed by atoms with Gasteiger partial charge in [-0.25, -0.2) is 0 Å². The van der Waals surface area contributed by atoms with Gasteiger partial charge in [0.15, 0.2) is 5.41 Å². The van der Waals surface area contributed by atoms with Gasteiger partial charge in [-0.1, -0.05) is 27.2 Å². The molecule has 0 aliphatic heterocycles. The maximum absolute atomic E-state index is 12.2. The summed E-state index contributed by atoms with van der Waals surface area (Å²) < 4.78 is 5.06. The van der Waals surface area contributed by atoms with Gasteiger partial charge in [0.1, 0.15) is 0 Å². The summed E-state index contributed by atoms with van der Waals surface area (Å²) in [5.74, 6) is -0.641. The lowest BCUT2D eigenvalue weighted by atomic mass is 9.63. The molecule has 0 amide bonds. The molecule has 0 saturated heterocycles. The Labute approximate surface area is 115 Å². The van der Waals surface area contributed by atoms with E-state index in [1.54, 1.807) is 13.8 Å². The predicted molar refractivity (Wildman–Crippen MR) is 72.7 cm³/mol. The Morgan fingerprint density at radius 2 is 1.84 bits per heavy atom. The van der Waals surface area contributed by atoms with Crippen molar-refractivity contribution in [3.05, 3.63) is 0 Å². The van der Waals surface area contributed by atoms with Crippen LogP contribution in [0.15, 0.2) is 0 Å². The molecule has 1 saturated carbocycles. The second kappa shape index (κ2) is 6.40. The van der Waals surface area contributed by atoms with Crippen LogP contribution in [0.1, 0.15) is 53.4 Å². The molecule has 0 aromatic rings. The van der Waals surface area contributed by atoms with Crippen molar-refractivity contribution < 1.29 is 19.4 Å². The normalized spacial score (nSPS) is 30.4. The predicted octanol–water partition coefficient (Wildman–Crippen LogP) is 3.10. The lowest BCUT2D eigenvalue weighted by molar-refractivity contribution is -0.175. The molecule has 1 aliphatic carbocycles. The maximum atomic E-state index is 12.2. The van der Waals surface area contributed by atoms with Crippen LogP contribution in [0.4, 0.5) is 0 Å². The maximum Gasteiger partial charge on any atom is 0.323 e. The largest absolute Gasteiger partial charge is 0.480 e. The molecule has 4 nitrogen and oxygen atoms in total. The molecule has 1 N–H and O–H groups in total. The molecule has 4 heteroatoms. The van der Waals surface area contributed by atoms with Crippen molar-refractivity contribution in [3.63, 3.8) is 0 Å². The molecule has 1 fully saturated rings. The lowest BCUT2D eigenvalue weighted by Crippen LogP contribution is -2.48. The van der Waals surface area contributed by atoms with E-state index >= 15 is 0 Å². The number of hydrogen-bond donors (Lipinski definition) is 1. The van der Waals surface area contributed by atoms with Gasteiger partial charge >= 0.3 is 11.9 Å². The van der Waals surface area contributed by atoms with Gasteiger partial charge in [-0.05, 0) is 43.9 Å². The van der Waals surface area contributed by atoms with E-state index in [0.717, 1.165) is 19.3 Å². The number of rotatable bonds is 5. The summed E-state index contributed by atoms with van der Waals surface area (Å²) in [6, 6.07) is 0. The highest BCUT2D eigenvalue weighted by atomic mass is 16.5. The lowest BCUT2D eigenvalue weighted by Gasteiger charge is -2.40. The highest BCUT2D eigenvalue weighted by molar-refractivity contribution is 5.99. The van der Waals surface area contributed by atoms with Gasteiger partial charge in [0.05, 0.1) is 6.61 Å². The van der Waals surface area contributed by atoms with E-state index in [4.69, 9.17) is 4.74 Å². The molecule has 0 radical (unpaired) electrons. The molecule has 0 bridgehead atoms. The number of carbonyl (C=O) groups excluding carboxylic acids is 1. The van der Waals surface area contributed by atoms with Gasteiger partial charge in [-0.15, -0.1) is 0 Å². The summed E-state index contributed by atoms with van der Waals surface area (Å²) >= 11 is 0. The molecule has 0 aromatic heterocycles. The van der Waals surface area contributed by atoms with Crippen LogP contribution in [0.5, 0.6) is 0 Å². The summed E-state index contributed by atoms with van der Waals surface area (Å²) in [4.78, 5) is 24.0. The molecular formula is C15H26O4. The van der Waals surface area contributed by atoms with Crippen LogP contribution in [-0.4, -0.2) is 23.7 Å². The third-order valence-corrected chi connectivity index (χ3v) is 4.87. The van der Waals surface area contributed by atoms with Gasteiger partial charge in [-0.2, -0.15) is 0 Å². The van der Waals surface area contributed by atoms with E-state index in [1.165, 1.54) is 0 Å². The Bertz CT molecular complexity index is 339. The quantitative estimate of drug-likeness (QED) is 0.616. The van der Waals surface area contributed by atoms with Gasteiger partial charge in [0.25, 0.3) is 0 Å². The standard InChI is InChI=1S/C15H26O4/c1-5-15(13(16)17,14(18)19-6-2)12-8-7-10(3)11(4)9-12/h10-12H,5-9H2,1-4H3,(H,16,17). The number of carbonyl (C=O) groups is 2. The van der Waals surface area contributed by atoms with Crippen molar-refractivity contribution in [3.8, 4) is 0 Å². The first kappa shape index (κ1) is 16.0. The van der Waals surface area contributed by atoms with Crippen molar-refractivity contribution in [2.75, 3.05) is 6.61 Å². The van der Waals surface area contributed by atoms with Crippen molar-refractivity contribution in [1.29, 1.82) is 0 Å². The zero-order valence-electron chi connectivity index (χ0n) is 12.4. The Morgan fingerprint density at radius 1 is 1.21 bits per heavy atom. The molecule has 1 aliphatic rings. The minimum Gasteiger partial charge on any atom is -0.480 e. The number of ether oxygens (including phenoxy) is 1. The molecule has 4 atom stereocenters. The van der Waals surface area contributed by atoms with Gasteiger partial charge in [0, 0.05) is 0 Å². The Balaban J connectivity index is 3.03. The summed E-state index contributed by atoms with van der Waals surface area (Å²) in [5, 5.41) is 9.62. The number of aliphatic carboxylic acids is 1. The van der Waals surface area contributed by atoms with Crippen LogP contribution >= 0.6 is 0 Å². The minimum atomic E-state index is -1.36. The van der Waals surface area contributed by atoms with Crippen LogP contribution in [0, 0.1) is 23.2 Å². The third kappa shape index (κ3) is 2.93. The first-order valence-corrected chi connectivity index (χ1v) is 7.30. The summed E-state index contributed by atoms with van der Waals surface area (Å²) in [7, 11) is 0. The molecule has 19 heavy (non-hydrogen) atoms. The first-order chi connectivity index (χ1) is 8.90. The molecular weight excluding hydrogens is 244 g/mol. The van der Waals surface area contributed by atoms with E-state index < -0.39 is 17.4 Å². The summed E-state index contributed by atoms with van der Waals surface area (Å²) in [6.07, 6.45) is 2.87. The van der Waals surface area contributed by atoms with Gasteiger partial charge in [0.2, 0.25) is 0 Å². The fourth-order valence-corrected chi connectivity index (χ4v) is 3.27. The second-order valence-corrected chi connectivity index (χ2v) is 5.82. The molecule has 0 heterocycles. The molecule has 4 unspecified atom stereocenters. The molecule has 1 rings (SSSR count). The van der Waals surface area contributed by atoms with Crippen LogP contribution < -0.4 is 0 Å². The van der Waals surface area contributed by atoms with Crippen LogP contribution in [0.25, 0.3) is 0 Å². The average molecular weight is 270 g/mol. The highest BCUT2D eigenvalue weighted by Crippen LogP contribution is 2.45. The van der Waals surface area contributed by atoms with Crippen molar-refractivity contribution >= 4 is 11.9 Å². The molecule has 110 valence electrons. The van der Waals surface area contributed by atoms with E-state index in [-0.39, 0.29) is 12.5 Å². The monoisotopic (exact) mass is 270 g/mol. The van der Waals surface area contributed by atoms with E-state index in [0.29, 0.717) is 18.3 Å². The topological polar surface area (TPSA) is 63.6 Å². The van der Waals surface area contributed by atoms with Crippen molar-refractivity contribution in [2.24, 2.45) is 23.2 Å². The zero-order valence-corrected chi connectivity index (χ0v) is 12.4. The fourth-order valence-electron chi connectivity index (χ4n) is 3.27. The van der Waals surface area contributed by atoms with Gasteiger partial charge in [-0.3, -0.25) is 9.59 Å². The number of esters is 1. The third-order valence-electron chi connectivity index (χ3n) is 4.87. The van der Waals surface area contributed by atoms with Crippen LogP contribution in [0.2, 0.25) is 0 Å². The van der Waals surface area contributed by atoms with E-state index in [2.05, 4.69) is 13.8 Å². The zero-order chi connectivity index (χ0) is 14.6. The van der Waals surface area contributed by atoms with E-state index in [9.17, 15) is 14.7 Å². The van der Waals surface area contributed by atoms with Crippen LogP contribution in [-0.2, 0) is 14.3 Å². The minimum absolute atomic E-state index is 0.111. The Hall–Kier alpha value is -1.06. The van der Waals surface area contributed by atoms with Gasteiger partial charge < -0.3 is 9.84 Å². The van der Waals surface area contributed by atoms with E-state index in [1.807, 2.05) is 0 Å². The molecule has 0 aromatic carbocycles. The Kier molecular flexibility index (Phi) is 5.39. The average Bonchev–Trinajstić information content (AvgIpc) is 2.35. The SMILES string of the molecule is CCOC(=O)C(CC)(C(=O)O)C1CCC(C)C(C)C1. The highest BCUT2D eigenvalue weighted by Gasteiger charge is 2.53. The summed E-state index contributed by atoms with van der Waals surface area (Å²) in [6.45, 7) is 8.05. The van der Waals surface area contributed by atoms with Crippen molar-refractivity contribution in [1.82, 2.24) is 0 Å². The summed E-state index contributed by atoms with van der Waals surface area (Å²) in [5.41, 5.74) is -1.36. The first-order valence-electron chi connectivity index (χ1n) is 7.30. The van der Waals surface area contributed by atoms with Crippen molar-refractivity contribution in [2.45, 2.75) is 53.4 Å². The number of hydrogen-bond acceptors (Lipinski definition) is 3. The fraction of sp³-hybridized carbons (Fsp3) is 0.867. The molecule has 0 spiro atoms. The smallest absolute Gasteiger partial charge is 0.323 e. The number of carboxylic acid groups (broad SMARTS) is 1.